The Labute approximate surface area is 145 Å². The van der Waals surface area contributed by atoms with Gasteiger partial charge in [-0.05, 0) is 41.1 Å². The van der Waals surface area contributed by atoms with Crippen LogP contribution in [0.3, 0.4) is 0 Å². The van der Waals surface area contributed by atoms with E-state index < -0.39 is 11.7 Å². The van der Waals surface area contributed by atoms with Gasteiger partial charge in [0.1, 0.15) is 5.03 Å². The SMILES string of the molecule is FC(F)(F)c1ccc2nc(Sc3ccc4ccccc4c3)cnc2c1. The minimum atomic E-state index is -4.38. The Hall–Kier alpha value is -2.60. The van der Waals surface area contributed by atoms with Gasteiger partial charge in [-0.25, -0.2) is 4.98 Å². The number of hydrogen-bond donors (Lipinski definition) is 0. The van der Waals surface area contributed by atoms with Crippen molar-refractivity contribution in [3.63, 3.8) is 0 Å². The van der Waals surface area contributed by atoms with Gasteiger partial charge in [-0.1, -0.05) is 42.1 Å². The van der Waals surface area contributed by atoms with Crippen LogP contribution in [0.5, 0.6) is 0 Å². The van der Waals surface area contributed by atoms with E-state index in [0.29, 0.717) is 10.5 Å². The maximum absolute atomic E-state index is 12.8. The summed E-state index contributed by atoms with van der Waals surface area (Å²) in [5.41, 5.74) is -0.0410. The summed E-state index contributed by atoms with van der Waals surface area (Å²) in [6, 6.07) is 17.5. The standard InChI is InChI=1S/C19H11F3N2S/c20-19(21,22)14-6-8-16-17(10-14)23-11-18(24-16)25-15-7-5-12-3-1-2-4-13(12)9-15/h1-11H. The van der Waals surface area contributed by atoms with E-state index in [4.69, 9.17) is 0 Å². The van der Waals surface area contributed by atoms with E-state index in [1.54, 1.807) is 0 Å². The van der Waals surface area contributed by atoms with E-state index >= 15 is 0 Å². The van der Waals surface area contributed by atoms with Crippen molar-refractivity contribution in [2.24, 2.45) is 0 Å². The highest BCUT2D eigenvalue weighted by molar-refractivity contribution is 7.99. The number of fused-ring (bicyclic) bond motifs is 2. The Morgan fingerprint density at radius 3 is 2.40 bits per heavy atom. The van der Waals surface area contributed by atoms with Crippen LogP contribution in [-0.2, 0) is 6.18 Å². The monoisotopic (exact) mass is 356 g/mol. The number of alkyl halides is 3. The van der Waals surface area contributed by atoms with Crippen molar-refractivity contribution in [3.8, 4) is 0 Å². The lowest BCUT2D eigenvalue weighted by molar-refractivity contribution is -0.137. The van der Waals surface area contributed by atoms with Gasteiger partial charge in [-0.15, -0.1) is 0 Å². The predicted molar refractivity (Wildman–Crippen MR) is 92.6 cm³/mol. The highest BCUT2D eigenvalue weighted by Gasteiger charge is 2.30. The summed E-state index contributed by atoms with van der Waals surface area (Å²) >= 11 is 1.43. The average molecular weight is 356 g/mol. The summed E-state index contributed by atoms with van der Waals surface area (Å²) in [4.78, 5) is 9.54. The van der Waals surface area contributed by atoms with E-state index in [0.717, 1.165) is 27.8 Å². The zero-order chi connectivity index (χ0) is 17.4. The number of hydrogen-bond acceptors (Lipinski definition) is 3. The predicted octanol–water partition coefficient (Wildman–Crippen LogP) is 5.95. The van der Waals surface area contributed by atoms with E-state index in [1.165, 1.54) is 24.0 Å². The fourth-order valence-corrected chi connectivity index (χ4v) is 3.38. The van der Waals surface area contributed by atoms with E-state index in [1.807, 2.05) is 36.4 Å². The van der Waals surface area contributed by atoms with Crippen molar-refractivity contribution < 1.29 is 13.2 Å². The minimum Gasteiger partial charge on any atom is -0.252 e. The second-order valence-corrected chi connectivity index (χ2v) is 6.61. The molecule has 0 aliphatic heterocycles. The van der Waals surface area contributed by atoms with Crippen LogP contribution in [0.15, 0.2) is 76.8 Å². The van der Waals surface area contributed by atoms with Gasteiger partial charge < -0.3 is 0 Å². The fourth-order valence-electron chi connectivity index (χ4n) is 2.57. The van der Waals surface area contributed by atoms with Gasteiger partial charge in [0.2, 0.25) is 0 Å². The number of benzene rings is 3. The Bertz CT molecular complexity index is 1080. The van der Waals surface area contributed by atoms with Crippen molar-refractivity contribution in [3.05, 3.63) is 72.4 Å². The lowest BCUT2D eigenvalue weighted by Gasteiger charge is -2.08. The van der Waals surface area contributed by atoms with Gasteiger partial charge in [-0.3, -0.25) is 4.98 Å². The molecule has 1 heterocycles. The van der Waals surface area contributed by atoms with E-state index in [-0.39, 0.29) is 5.52 Å². The smallest absolute Gasteiger partial charge is 0.252 e. The molecule has 0 saturated heterocycles. The quantitative estimate of drug-likeness (QED) is 0.444. The molecular formula is C19H11F3N2S. The van der Waals surface area contributed by atoms with Crippen LogP contribution in [-0.4, -0.2) is 9.97 Å². The normalized spacial score (nSPS) is 12.0. The second kappa shape index (κ2) is 6.04. The molecule has 6 heteroatoms. The van der Waals surface area contributed by atoms with Crippen LogP contribution in [0.1, 0.15) is 5.56 Å². The second-order valence-electron chi connectivity index (χ2n) is 5.52. The van der Waals surface area contributed by atoms with Crippen LogP contribution in [0, 0.1) is 0 Å². The zero-order valence-corrected chi connectivity index (χ0v) is 13.6. The first-order valence-electron chi connectivity index (χ1n) is 7.50. The maximum Gasteiger partial charge on any atom is 0.416 e. The zero-order valence-electron chi connectivity index (χ0n) is 12.8. The average Bonchev–Trinajstić information content (AvgIpc) is 2.60. The molecule has 0 fully saturated rings. The molecule has 0 bridgehead atoms. The molecule has 0 N–H and O–H groups in total. The molecule has 0 aliphatic rings. The third-order valence-corrected chi connectivity index (χ3v) is 4.69. The van der Waals surface area contributed by atoms with Crippen LogP contribution in [0.2, 0.25) is 0 Å². The molecular weight excluding hydrogens is 345 g/mol. The minimum absolute atomic E-state index is 0.234. The molecule has 4 aromatic rings. The molecule has 3 aromatic carbocycles. The lowest BCUT2D eigenvalue weighted by Crippen LogP contribution is -2.04. The van der Waals surface area contributed by atoms with Gasteiger partial charge in [-0.2, -0.15) is 13.2 Å². The van der Waals surface area contributed by atoms with Crippen molar-refractivity contribution in [1.29, 1.82) is 0 Å². The summed E-state index contributed by atoms with van der Waals surface area (Å²) < 4.78 is 38.3. The van der Waals surface area contributed by atoms with Gasteiger partial charge in [0, 0.05) is 4.90 Å². The van der Waals surface area contributed by atoms with Gasteiger partial charge >= 0.3 is 6.18 Å². The highest BCUT2D eigenvalue weighted by atomic mass is 32.2. The summed E-state index contributed by atoms with van der Waals surface area (Å²) in [6.07, 6.45) is -2.88. The molecule has 0 radical (unpaired) electrons. The number of nitrogens with zero attached hydrogens (tertiary/aromatic N) is 2. The molecule has 1 aromatic heterocycles. The molecule has 4 rings (SSSR count). The van der Waals surface area contributed by atoms with Crippen LogP contribution in [0.25, 0.3) is 21.8 Å². The molecule has 0 saturated carbocycles. The van der Waals surface area contributed by atoms with Crippen LogP contribution in [0.4, 0.5) is 13.2 Å². The van der Waals surface area contributed by atoms with Gasteiger partial charge in [0.05, 0.1) is 22.8 Å². The molecule has 124 valence electrons. The molecule has 25 heavy (non-hydrogen) atoms. The Morgan fingerprint density at radius 1 is 0.800 bits per heavy atom. The van der Waals surface area contributed by atoms with Crippen molar-refractivity contribution in [2.45, 2.75) is 16.1 Å². The highest BCUT2D eigenvalue weighted by Crippen LogP contribution is 2.32. The lowest BCUT2D eigenvalue weighted by atomic mass is 10.1. The number of aromatic nitrogens is 2. The summed E-state index contributed by atoms with van der Waals surface area (Å²) in [7, 11) is 0. The van der Waals surface area contributed by atoms with Crippen molar-refractivity contribution in [2.75, 3.05) is 0 Å². The first-order chi connectivity index (χ1) is 12.0. The molecule has 0 unspecified atom stereocenters. The van der Waals surface area contributed by atoms with Crippen molar-refractivity contribution >= 4 is 33.6 Å². The maximum atomic E-state index is 12.8. The molecule has 0 spiro atoms. The number of rotatable bonds is 2. The summed E-state index contributed by atoms with van der Waals surface area (Å²) in [6.45, 7) is 0. The first kappa shape index (κ1) is 15.9. The Morgan fingerprint density at radius 2 is 1.60 bits per heavy atom. The topological polar surface area (TPSA) is 25.8 Å². The Balaban J connectivity index is 1.66. The van der Waals surface area contributed by atoms with Gasteiger partial charge in [0.15, 0.2) is 0 Å². The van der Waals surface area contributed by atoms with Crippen LogP contribution >= 0.6 is 11.8 Å². The molecule has 2 nitrogen and oxygen atoms in total. The van der Waals surface area contributed by atoms with Gasteiger partial charge in [0.25, 0.3) is 0 Å². The van der Waals surface area contributed by atoms with Crippen LogP contribution < -0.4 is 0 Å². The summed E-state index contributed by atoms with van der Waals surface area (Å²) in [5.74, 6) is 0. The van der Waals surface area contributed by atoms with E-state index in [9.17, 15) is 13.2 Å². The summed E-state index contributed by atoms with van der Waals surface area (Å²) in [5, 5.41) is 2.91. The fraction of sp³-hybridized carbons (Fsp3) is 0.0526. The molecule has 0 atom stereocenters. The van der Waals surface area contributed by atoms with E-state index in [2.05, 4.69) is 16.0 Å². The Kier molecular flexibility index (Phi) is 3.84. The third-order valence-electron chi connectivity index (χ3n) is 3.79. The van der Waals surface area contributed by atoms with Crippen molar-refractivity contribution in [1.82, 2.24) is 9.97 Å². The number of halogens is 3. The largest absolute Gasteiger partial charge is 0.416 e. The third kappa shape index (κ3) is 3.30. The first-order valence-corrected chi connectivity index (χ1v) is 8.31. The molecule has 0 amide bonds. The molecule has 0 aliphatic carbocycles.